The fourth-order valence-electron chi connectivity index (χ4n) is 1.99. The summed E-state index contributed by atoms with van der Waals surface area (Å²) in [6, 6.07) is -0.353. The number of rotatable bonds is 6. The van der Waals surface area contributed by atoms with E-state index >= 15 is 0 Å². The van der Waals surface area contributed by atoms with Crippen molar-refractivity contribution in [2.24, 2.45) is 5.84 Å². The van der Waals surface area contributed by atoms with Crippen LogP contribution in [0.1, 0.15) is 32.2 Å². The Kier molecular flexibility index (Phi) is 5.69. The van der Waals surface area contributed by atoms with Crippen LogP contribution in [0.4, 0.5) is 11.6 Å². The summed E-state index contributed by atoms with van der Waals surface area (Å²) in [6.45, 7) is 10.8. The third-order valence-corrected chi connectivity index (χ3v) is 3.19. The Hall–Kier alpha value is -1.89. The van der Waals surface area contributed by atoms with E-state index < -0.39 is 0 Å². The highest BCUT2D eigenvalue weighted by Crippen LogP contribution is 2.19. The number of hydrazine groups is 1. The average molecular weight is 280 g/mol. The predicted octanol–water partition coefficient (Wildman–Crippen LogP) is 1.05. The average Bonchev–Trinajstić information content (AvgIpc) is 2.43. The highest BCUT2D eigenvalue weighted by molar-refractivity contribution is 5.84. The van der Waals surface area contributed by atoms with Crippen molar-refractivity contribution >= 4 is 17.5 Å². The van der Waals surface area contributed by atoms with Gasteiger partial charge in [0.15, 0.2) is 0 Å². The van der Waals surface area contributed by atoms with Gasteiger partial charge in [0.2, 0.25) is 5.91 Å². The molecule has 1 aromatic rings. The number of nitrogen functional groups attached to an aromatic ring is 1. The van der Waals surface area contributed by atoms with Crippen molar-refractivity contribution in [2.45, 2.75) is 40.7 Å². The number of nitrogens with two attached hydrogens (primary N) is 1. The Bertz CT molecular complexity index is 472. The number of carbonyl (C=O) groups excluding carboxylic acids is 1. The smallest absolute Gasteiger partial charge is 0.244 e. The molecule has 112 valence electrons. The molecule has 7 nitrogen and oxygen atoms in total. The summed E-state index contributed by atoms with van der Waals surface area (Å²) in [6.07, 6.45) is 0. The van der Waals surface area contributed by atoms with Crippen LogP contribution in [0.2, 0.25) is 0 Å². The Morgan fingerprint density at radius 3 is 2.30 bits per heavy atom. The standard InChI is InChI=1S/C13H24N6O/c1-6-19(7-2)13(20)9(4)15-11-8(3)12(18-14)17-10(5)16-11/h9H,6-7,14H2,1-5H3,(H2,15,16,17,18). The van der Waals surface area contributed by atoms with Gasteiger partial charge in [0.1, 0.15) is 23.5 Å². The van der Waals surface area contributed by atoms with E-state index in [0.717, 1.165) is 5.56 Å². The Morgan fingerprint density at radius 1 is 1.25 bits per heavy atom. The molecule has 0 saturated carbocycles. The molecule has 20 heavy (non-hydrogen) atoms. The maximum absolute atomic E-state index is 12.2. The molecular weight excluding hydrogens is 256 g/mol. The van der Waals surface area contributed by atoms with Crippen LogP contribution < -0.4 is 16.6 Å². The van der Waals surface area contributed by atoms with Crippen LogP contribution in [0.15, 0.2) is 0 Å². The third kappa shape index (κ3) is 3.57. The van der Waals surface area contributed by atoms with E-state index in [1.54, 1.807) is 11.8 Å². The lowest BCUT2D eigenvalue weighted by molar-refractivity contribution is -0.131. The lowest BCUT2D eigenvalue weighted by Crippen LogP contribution is -2.41. The van der Waals surface area contributed by atoms with Crippen molar-refractivity contribution in [3.05, 3.63) is 11.4 Å². The molecule has 0 aliphatic rings. The number of nitrogens with one attached hydrogen (secondary N) is 2. The Balaban J connectivity index is 2.93. The second-order valence-electron chi connectivity index (χ2n) is 4.61. The van der Waals surface area contributed by atoms with E-state index in [0.29, 0.717) is 30.5 Å². The molecule has 1 amide bonds. The van der Waals surface area contributed by atoms with Crippen molar-refractivity contribution in [2.75, 3.05) is 23.8 Å². The molecule has 7 heteroatoms. The molecule has 0 aromatic carbocycles. The molecule has 1 heterocycles. The van der Waals surface area contributed by atoms with E-state index in [2.05, 4.69) is 20.7 Å². The molecule has 1 unspecified atom stereocenters. The largest absolute Gasteiger partial charge is 0.358 e. The van der Waals surface area contributed by atoms with Crippen LogP contribution in [-0.2, 0) is 4.79 Å². The zero-order valence-corrected chi connectivity index (χ0v) is 12.8. The molecular formula is C13H24N6O. The van der Waals surface area contributed by atoms with E-state index in [9.17, 15) is 4.79 Å². The van der Waals surface area contributed by atoms with Gasteiger partial charge in [-0.3, -0.25) is 4.79 Å². The highest BCUT2D eigenvalue weighted by Gasteiger charge is 2.20. The molecule has 1 aromatic heterocycles. The summed E-state index contributed by atoms with van der Waals surface area (Å²) in [7, 11) is 0. The van der Waals surface area contributed by atoms with Crippen molar-refractivity contribution in [3.8, 4) is 0 Å². The summed E-state index contributed by atoms with van der Waals surface area (Å²) in [5.74, 6) is 7.25. The Morgan fingerprint density at radius 2 is 1.80 bits per heavy atom. The first-order valence-corrected chi connectivity index (χ1v) is 6.81. The minimum atomic E-state index is -0.353. The van der Waals surface area contributed by atoms with E-state index in [1.165, 1.54) is 0 Å². The zero-order chi connectivity index (χ0) is 15.3. The monoisotopic (exact) mass is 280 g/mol. The van der Waals surface area contributed by atoms with Crippen LogP contribution in [0, 0.1) is 13.8 Å². The van der Waals surface area contributed by atoms with Crippen molar-refractivity contribution in [3.63, 3.8) is 0 Å². The molecule has 0 fully saturated rings. The summed E-state index contributed by atoms with van der Waals surface area (Å²) < 4.78 is 0. The number of nitrogens with zero attached hydrogens (tertiary/aromatic N) is 3. The van der Waals surface area contributed by atoms with Gasteiger partial charge in [-0.2, -0.15) is 0 Å². The van der Waals surface area contributed by atoms with E-state index in [4.69, 9.17) is 5.84 Å². The number of carbonyl (C=O) groups is 1. The lowest BCUT2D eigenvalue weighted by atomic mass is 10.2. The van der Waals surface area contributed by atoms with Crippen LogP contribution in [-0.4, -0.2) is 39.9 Å². The molecule has 1 rings (SSSR count). The second kappa shape index (κ2) is 7.04. The topological polar surface area (TPSA) is 96.2 Å². The van der Waals surface area contributed by atoms with Gasteiger partial charge in [-0.15, -0.1) is 0 Å². The van der Waals surface area contributed by atoms with Crippen LogP contribution in [0.25, 0.3) is 0 Å². The summed E-state index contributed by atoms with van der Waals surface area (Å²) in [5, 5.41) is 3.14. The first-order chi connectivity index (χ1) is 9.44. The highest BCUT2D eigenvalue weighted by atomic mass is 16.2. The van der Waals surface area contributed by atoms with Crippen molar-refractivity contribution < 1.29 is 4.79 Å². The van der Waals surface area contributed by atoms with Gasteiger partial charge in [0.25, 0.3) is 0 Å². The van der Waals surface area contributed by atoms with Gasteiger partial charge < -0.3 is 15.6 Å². The number of amides is 1. The number of likely N-dealkylation sites (N-methyl/N-ethyl adjacent to an activating group) is 1. The first kappa shape index (κ1) is 16.2. The fourth-order valence-corrected chi connectivity index (χ4v) is 1.99. The van der Waals surface area contributed by atoms with Crippen LogP contribution >= 0.6 is 0 Å². The SMILES string of the molecule is CCN(CC)C(=O)C(C)Nc1nc(C)nc(NN)c1C. The molecule has 0 spiro atoms. The summed E-state index contributed by atoms with van der Waals surface area (Å²) in [4.78, 5) is 22.5. The molecule has 0 bridgehead atoms. The maximum atomic E-state index is 12.2. The minimum absolute atomic E-state index is 0.0490. The van der Waals surface area contributed by atoms with Crippen molar-refractivity contribution in [1.29, 1.82) is 0 Å². The van der Waals surface area contributed by atoms with Crippen LogP contribution in [0.5, 0.6) is 0 Å². The normalized spacial score (nSPS) is 11.9. The molecule has 0 radical (unpaired) electrons. The second-order valence-corrected chi connectivity index (χ2v) is 4.61. The maximum Gasteiger partial charge on any atom is 0.244 e. The molecule has 0 saturated heterocycles. The molecule has 4 N–H and O–H groups in total. The lowest BCUT2D eigenvalue weighted by Gasteiger charge is -2.24. The summed E-state index contributed by atoms with van der Waals surface area (Å²) >= 11 is 0. The zero-order valence-electron chi connectivity index (χ0n) is 12.8. The Labute approximate surface area is 119 Å². The van der Waals surface area contributed by atoms with Gasteiger partial charge in [-0.25, -0.2) is 15.8 Å². The van der Waals surface area contributed by atoms with Gasteiger partial charge in [-0.1, -0.05) is 0 Å². The minimum Gasteiger partial charge on any atom is -0.358 e. The quantitative estimate of drug-likeness (QED) is 0.532. The summed E-state index contributed by atoms with van der Waals surface area (Å²) in [5.41, 5.74) is 3.33. The van der Waals surface area contributed by atoms with Gasteiger partial charge in [0, 0.05) is 18.7 Å². The third-order valence-electron chi connectivity index (χ3n) is 3.19. The molecule has 0 aliphatic heterocycles. The van der Waals surface area contributed by atoms with Gasteiger partial charge in [-0.05, 0) is 34.6 Å². The first-order valence-electron chi connectivity index (χ1n) is 6.81. The number of aryl methyl sites for hydroxylation is 1. The van der Waals surface area contributed by atoms with Crippen LogP contribution in [0.3, 0.4) is 0 Å². The van der Waals surface area contributed by atoms with Gasteiger partial charge in [0.05, 0.1) is 0 Å². The number of hydrogen-bond acceptors (Lipinski definition) is 6. The number of aromatic nitrogens is 2. The molecule has 0 aliphatic carbocycles. The van der Waals surface area contributed by atoms with Gasteiger partial charge >= 0.3 is 0 Å². The predicted molar refractivity (Wildman–Crippen MR) is 80.3 cm³/mol. The fraction of sp³-hybridized carbons (Fsp3) is 0.615. The molecule has 1 atom stereocenters. The number of anilines is 2. The number of hydrogen-bond donors (Lipinski definition) is 3. The van der Waals surface area contributed by atoms with Crippen molar-refractivity contribution in [1.82, 2.24) is 14.9 Å². The van der Waals surface area contributed by atoms with E-state index in [1.807, 2.05) is 27.7 Å². The van der Waals surface area contributed by atoms with E-state index in [-0.39, 0.29) is 11.9 Å².